The molecule has 4 aliphatic carbocycles. The summed E-state index contributed by atoms with van der Waals surface area (Å²) in [4.78, 5) is 51.4. The standard InChI is InChI=1S/C29H38FNO7.2C2H6/c1-7-37-25(36)31(6)16-28(24(35)15-38-18(3)32)11-9-20-22-12-17(2)21-13-19(33)8-10-26(21,4)29(22,30)23(34)14-27(20,28)5;2*1-2/h7-8,10,13,17,20,22-23,34H,1,9,11-12,14-16H2,2-6H3;2*1-2H3/t17-,20?,22-,23-,26-,27-,28-,29-;;/m0../s1. The number of amides is 1. The third-order valence-electron chi connectivity index (χ3n) is 10.3. The molecular weight excluding hydrogens is 541 g/mol. The van der Waals surface area contributed by atoms with Crippen LogP contribution in [0.1, 0.15) is 81.1 Å². The smallest absolute Gasteiger partial charge is 0.414 e. The number of carbonyl (C=O) groups is 4. The molecule has 236 valence electrons. The fourth-order valence-electron chi connectivity index (χ4n) is 8.46. The fourth-order valence-corrected chi connectivity index (χ4v) is 8.46. The van der Waals surface area contributed by atoms with Crippen LogP contribution in [0.2, 0.25) is 0 Å². The van der Waals surface area contributed by atoms with Crippen molar-refractivity contribution < 1.29 is 38.1 Å². The van der Waals surface area contributed by atoms with Crippen LogP contribution in [0.4, 0.5) is 9.18 Å². The summed E-state index contributed by atoms with van der Waals surface area (Å²) in [7, 11) is 1.51. The van der Waals surface area contributed by atoms with Crippen LogP contribution in [0, 0.1) is 34.0 Å². The van der Waals surface area contributed by atoms with Gasteiger partial charge in [-0.1, -0.05) is 59.8 Å². The number of aliphatic hydroxyl groups is 1. The van der Waals surface area contributed by atoms with Gasteiger partial charge in [-0.3, -0.25) is 14.4 Å². The van der Waals surface area contributed by atoms with Crippen molar-refractivity contribution in [3.05, 3.63) is 36.6 Å². The lowest BCUT2D eigenvalue weighted by Crippen LogP contribution is -2.69. The number of hydrogen-bond acceptors (Lipinski definition) is 7. The predicted octanol–water partition coefficient (Wildman–Crippen LogP) is 5.99. The number of halogens is 1. The number of nitrogens with zero attached hydrogens (tertiary/aromatic N) is 1. The zero-order valence-electron chi connectivity index (χ0n) is 26.8. The van der Waals surface area contributed by atoms with Gasteiger partial charge < -0.3 is 19.5 Å². The summed E-state index contributed by atoms with van der Waals surface area (Å²) in [6.07, 6.45) is 4.58. The number of ketones is 2. The molecule has 0 aromatic rings. The minimum absolute atomic E-state index is 0.0279. The Kier molecular flexibility index (Phi) is 11.1. The first kappa shape index (κ1) is 35.4. The summed E-state index contributed by atoms with van der Waals surface area (Å²) in [5.74, 6) is -2.16. The van der Waals surface area contributed by atoms with E-state index in [1.54, 1.807) is 13.0 Å². The Labute approximate surface area is 250 Å². The van der Waals surface area contributed by atoms with E-state index < -0.39 is 52.6 Å². The number of fused-ring (bicyclic) bond motifs is 5. The van der Waals surface area contributed by atoms with Crippen molar-refractivity contribution in [3.63, 3.8) is 0 Å². The first-order valence-electron chi connectivity index (χ1n) is 15.2. The third kappa shape index (κ3) is 5.38. The highest BCUT2D eigenvalue weighted by Gasteiger charge is 2.74. The van der Waals surface area contributed by atoms with Gasteiger partial charge in [0.15, 0.2) is 23.8 Å². The molecule has 4 aliphatic rings. The molecule has 8 atom stereocenters. The molecule has 0 heterocycles. The highest BCUT2D eigenvalue weighted by molar-refractivity contribution is 6.01. The first-order valence-corrected chi connectivity index (χ1v) is 15.2. The lowest BCUT2D eigenvalue weighted by Gasteiger charge is -2.64. The number of carbonyl (C=O) groups excluding carboxylic acids is 4. The average molecular weight is 592 g/mol. The lowest BCUT2D eigenvalue weighted by atomic mass is 9.42. The molecule has 1 amide bonds. The van der Waals surface area contributed by atoms with Gasteiger partial charge in [-0.2, -0.15) is 0 Å². The summed E-state index contributed by atoms with van der Waals surface area (Å²) in [6, 6.07) is 0. The summed E-state index contributed by atoms with van der Waals surface area (Å²) >= 11 is 0. The van der Waals surface area contributed by atoms with Gasteiger partial charge in [0, 0.05) is 31.8 Å². The highest BCUT2D eigenvalue weighted by Crippen LogP contribution is 2.72. The minimum atomic E-state index is -2.05. The van der Waals surface area contributed by atoms with Crippen molar-refractivity contribution in [2.45, 2.75) is 92.8 Å². The first-order chi connectivity index (χ1) is 19.7. The van der Waals surface area contributed by atoms with Crippen molar-refractivity contribution in [1.82, 2.24) is 4.90 Å². The van der Waals surface area contributed by atoms with Gasteiger partial charge in [-0.25, -0.2) is 9.18 Å². The van der Waals surface area contributed by atoms with E-state index >= 15 is 4.39 Å². The van der Waals surface area contributed by atoms with Crippen molar-refractivity contribution in [2.24, 2.45) is 34.0 Å². The maximum atomic E-state index is 17.5. The van der Waals surface area contributed by atoms with Gasteiger partial charge in [0.25, 0.3) is 0 Å². The van der Waals surface area contributed by atoms with Crippen LogP contribution >= 0.6 is 0 Å². The van der Waals surface area contributed by atoms with Gasteiger partial charge in [0.1, 0.15) is 0 Å². The molecule has 0 aromatic carbocycles. The topological polar surface area (TPSA) is 110 Å². The molecule has 4 rings (SSSR count). The second kappa shape index (κ2) is 13.2. The number of hydrogen-bond donors (Lipinski definition) is 1. The molecule has 3 saturated carbocycles. The second-order valence-corrected chi connectivity index (χ2v) is 12.0. The average Bonchev–Trinajstić information content (AvgIpc) is 3.24. The maximum absolute atomic E-state index is 17.5. The number of aliphatic hydroxyl groups excluding tert-OH is 1. The van der Waals surface area contributed by atoms with Crippen LogP contribution in [-0.2, 0) is 23.9 Å². The Morgan fingerprint density at radius 3 is 2.38 bits per heavy atom. The largest absolute Gasteiger partial charge is 0.458 e. The molecule has 0 aliphatic heterocycles. The molecule has 9 heteroatoms. The Balaban J connectivity index is 0.00000148. The number of ether oxygens (including phenoxy) is 2. The van der Waals surface area contributed by atoms with Crippen LogP contribution in [0.15, 0.2) is 36.6 Å². The normalized spacial score (nSPS) is 37.6. The summed E-state index contributed by atoms with van der Waals surface area (Å²) in [5.41, 5.74) is -4.63. The number of esters is 1. The molecule has 3 fully saturated rings. The van der Waals surface area contributed by atoms with Gasteiger partial charge in [-0.05, 0) is 62.0 Å². The summed E-state index contributed by atoms with van der Waals surface area (Å²) in [6.45, 7) is 17.7. The molecule has 0 radical (unpaired) electrons. The zero-order valence-corrected chi connectivity index (χ0v) is 26.8. The monoisotopic (exact) mass is 591 g/mol. The van der Waals surface area contributed by atoms with E-state index in [1.165, 1.54) is 31.0 Å². The quantitative estimate of drug-likeness (QED) is 0.299. The van der Waals surface area contributed by atoms with Gasteiger partial charge in [0.2, 0.25) is 0 Å². The van der Waals surface area contributed by atoms with E-state index in [2.05, 4.69) is 6.58 Å². The second-order valence-electron chi connectivity index (χ2n) is 12.0. The van der Waals surface area contributed by atoms with Crippen LogP contribution in [-0.4, -0.2) is 65.6 Å². The Hall–Kier alpha value is -2.81. The lowest BCUT2D eigenvalue weighted by molar-refractivity contribution is -0.211. The molecule has 0 bridgehead atoms. The predicted molar refractivity (Wildman–Crippen MR) is 159 cm³/mol. The Morgan fingerprint density at radius 2 is 1.81 bits per heavy atom. The van der Waals surface area contributed by atoms with Crippen molar-refractivity contribution >= 4 is 23.6 Å². The van der Waals surface area contributed by atoms with E-state index in [1.807, 2.05) is 41.5 Å². The highest BCUT2D eigenvalue weighted by atomic mass is 19.1. The van der Waals surface area contributed by atoms with Crippen LogP contribution in [0.5, 0.6) is 0 Å². The molecule has 42 heavy (non-hydrogen) atoms. The van der Waals surface area contributed by atoms with Crippen molar-refractivity contribution in [3.8, 4) is 0 Å². The zero-order chi connectivity index (χ0) is 32.3. The van der Waals surface area contributed by atoms with Crippen molar-refractivity contribution in [2.75, 3.05) is 20.2 Å². The van der Waals surface area contributed by atoms with E-state index in [0.29, 0.717) is 24.8 Å². The van der Waals surface area contributed by atoms with Gasteiger partial charge in [0.05, 0.1) is 17.8 Å². The van der Waals surface area contributed by atoms with E-state index in [0.717, 1.165) is 6.26 Å². The number of rotatable bonds is 6. The number of allylic oxidation sites excluding steroid dienone is 4. The van der Waals surface area contributed by atoms with Gasteiger partial charge in [-0.15, -0.1) is 0 Å². The molecule has 0 saturated heterocycles. The molecule has 1 unspecified atom stereocenters. The Bertz CT molecular complexity index is 1130. The molecule has 0 spiro atoms. The summed E-state index contributed by atoms with van der Waals surface area (Å²) < 4.78 is 27.6. The minimum Gasteiger partial charge on any atom is -0.458 e. The number of alkyl halides is 1. The van der Waals surface area contributed by atoms with E-state index in [9.17, 15) is 24.3 Å². The number of Topliss-reactive ketones (excluding diaryl/α,β-unsaturated/α-hetero) is 1. The van der Waals surface area contributed by atoms with E-state index in [-0.39, 0.29) is 36.4 Å². The van der Waals surface area contributed by atoms with E-state index in [4.69, 9.17) is 9.47 Å². The van der Waals surface area contributed by atoms with Crippen LogP contribution < -0.4 is 0 Å². The molecule has 8 nitrogen and oxygen atoms in total. The molecular formula is C33H50FNO7. The molecule has 0 aromatic heterocycles. The Morgan fingerprint density at radius 1 is 1.19 bits per heavy atom. The fraction of sp³-hybridized carbons (Fsp3) is 0.697. The third-order valence-corrected chi connectivity index (χ3v) is 10.3. The van der Waals surface area contributed by atoms with Crippen LogP contribution in [0.3, 0.4) is 0 Å². The summed E-state index contributed by atoms with van der Waals surface area (Å²) in [5, 5.41) is 11.7. The SMILES string of the molecule is C=COC(=O)N(C)C[C@]1(C(=O)COC(C)=O)CCC2[C@@H]3C[C@H](C)C4=CC(=O)C=C[C@]4(C)[C@@]3(F)[C@@H](O)C[C@@]21C.CC.CC. The van der Waals surface area contributed by atoms with Gasteiger partial charge >= 0.3 is 12.1 Å². The van der Waals surface area contributed by atoms with Crippen molar-refractivity contribution in [1.29, 1.82) is 0 Å². The maximum Gasteiger partial charge on any atom is 0.414 e. The molecule has 1 N–H and O–H groups in total. The van der Waals surface area contributed by atoms with Crippen LogP contribution in [0.25, 0.3) is 0 Å².